The van der Waals surface area contributed by atoms with E-state index in [0.29, 0.717) is 30.9 Å². The molecule has 1 saturated heterocycles. The number of rotatable bonds is 4. The molecule has 1 aliphatic heterocycles. The van der Waals surface area contributed by atoms with Crippen LogP contribution in [0.4, 0.5) is 10.5 Å². The Kier molecular flexibility index (Phi) is 5.83. The molecule has 1 aliphatic rings. The molecular weight excluding hydrogens is 306 g/mol. The van der Waals surface area contributed by atoms with Crippen molar-refractivity contribution in [2.24, 2.45) is 0 Å². The van der Waals surface area contributed by atoms with Gasteiger partial charge in [0.1, 0.15) is 0 Å². The van der Waals surface area contributed by atoms with Crippen molar-refractivity contribution in [3.63, 3.8) is 0 Å². The Morgan fingerprint density at radius 3 is 2.54 bits per heavy atom. The number of morpholine rings is 1. The number of urea groups is 1. The summed E-state index contributed by atoms with van der Waals surface area (Å²) < 4.78 is 5.43. The van der Waals surface area contributed by atoms with Crippen LogP contribution >= 0.6 is 0 Å². The normalized spacial score (nSPS) is 18.2. The van der Waals surface area contributed by atoms with Crippen molar-refractivity contribution >= 4 is 17.6 Å². The second-order valence-electron chi connectivity index (χ2n) is 6.83. The lowest BCUT2D eigenvalue weighted by Crippen LogP contribution is -2.46. The van der Waals surface area contributed by atoms with Gasteiger partial charge < -0.3 is 20.3 Å². The molecule has 2 rings (SSSR count). The van der Waals surface area contributed by atoms with Crippen LogP contribution in [-0.2, 0) is 4.74 Å². The summed E-state index contributed by atoms with van der Waals surface area (Å²) in [5.74, 6) is -0.110. The van der Waals surface area contributed by atoms with Crippen LogP contribution in [0.5, 0.6) is 0 Å². The largest absolute Gasteiger partial charge is 0.375 e. The first-order valence-corrected chi connectivity index (χ1v) is 8.41. The van der Waals surface area contributed by atoms with Crippen molar-refractivity contribution in [3.05, 3.63) is 29.8 Å². The molecular formula is C18H27N3O3. The molecule has 1 atom stereocenters. The van der Waals surface area contributed by atoms with Crippen molar-refractivity contribution < 1.29 is 14.3 Å². The average Bonchev–Trinajstić information content (AvgIpc) is 2.55. The van der Waals surface area contributed by atoms with Crippen LogP contribution < -0.4 is 10.6 Å². The molecule has 3 amide bonds. The Hall–Kier alpha value is -2.08. The van der Waals surface area contributed by atoms with Gasteiger partial charge in [-0.15, -0.1) is 0 Å². The van der Waals surface area contributed by atoms with Gasteiger partial charge in [0, 0.05) is 29.9 Å². The maximum atomic E-state index is 12.2. The number of carbonyl (C=O) groups is 2. The first kappa shape index (κ1) is 18.3. The first-order chi connectivity index (χ1) is 11.3. The van der Waals surface area contributed by atoms with Crippen molar-refractivity contribution in [2.75, 3.05) is 25.0 Å². The number of amides is 3. The predicted octanol–water partition coefficient (Wildman–Crippen LogP) is 2.86. The summed E-state index contributed by atoms with van der Waals surface area (Å²) in [5, 5.41) is 5.85. The number of ether oxygens (including phenoxy) is 1. The summed E-state index contributed by atoms with van der Waals surface area (Å²) in [5.41, 5.74) is 1.01. The molecule has 6 nitrogen and oxygen atoms in total. The maximum absolute atomic E-state index is 12.2. The van der Waals surface area contributed by atoms with E-state index in [0.717, 1.165) is 6.42 Å². The molecule has 1 unspecified atom stereocenters. The fourth-order valence-corrected chi connectivity index (χ4v) is 2.38. The van der Waals surface area contributed by atoms with Gasteiger partial charge in [-0.2, -0.15) is 0 Å². The van der Waals surface area contributed by atoms with Gasteiger partial charge in [-0.3, -0.25) is 4.79 Å². The van der Waals surface area contributed by atoms with E-state index in [1.807, 2.05) is 27.7 Å². The number of carbonyl (C=O) groups excluding carboxylic acids is 2. The van der Waals surface area contributed by atoms with E-state index < -0.39 is 0 Å². The van der Waals surface area contributed by atoms with Gasteiger partial charge in [0.2, 0.25) is 0 Å². The summed E-state index contributed by atoms with van der Waals surface area (Å²) in [7, 11) is 0. The number of anilines is 1. The van der Waals surface area contributed by atoms with Crippen LogP contribution in [0.2, 0.25) is 0 Å². The molecule has 6 heteroatoms. The summed E-state index contributed by atoms with van der Waals surface area (Å²) in [6, 6.07) is 6.79. The highest BCUT2D eigenvalue weighted by molar-refractivity contribution is 5.96. The zero-order valence-corrected chi connectivity index (χ0v) is 14.9. The van der Waals surface area contributed by atoms with E-state index in [1.165, 1.54) is 0 Å². The lowest BCUT2D eigenvalue weighted by Gasteiger charge is -2.31. The van der Waals surface area contributed by atoms with E-state index in [1.54, 1.807) is 29.2 Å². The Morgan fingerprint density at radius 2 is 1.96 bits per heavy atom. The molecule has 24 heavy (non-hydrogen) atoms. The van der Waals surface area contributed by atoms with E-state index >= 15 is 0 Å². The van der Waals surface area contributed by atoms with E-state index in [2.05, 4.69) is 10.6 Å². The highest BCUT2D eigenvalue weighted by atomic mass is 16.5. The predicted molar refractivity (Wildman–Crippen MR) is 94.3 cm³/mol. The van der Waals surface area contributed by atoms with Crippen LogP contribution in [0.3, 0.4) is 0 Å². The van der Waals surface area contributed by atoms with Gasteiger partial charge in [0.25, 0.3) is 5.91 Å². The first-order valence-electron chi connectivity index (χ1n) is 8.41. The summed E-state index contributed by atoms with van der Waals surface area (Å²) in [4.78, 5) is 26.2. The van der Waals surface area contributed by atoms with Gasteiger partial charge in [0.15, 0.2) is 0 Å². The molecule has 0 saturated carbocycles. The molecule has 0 spiro atoms. The lowest BCUT2D eigenvalue weighted by atomic mass is 10.0. The van der Waals surface area contributed by atoms with Crippen molar-refractivity contribution in [3.8, 4) is 0 Å². The summed E-state index contributed by atoms with van der Waals surface area (Å²) in [6.07, 6.45) is 0.905. The highest BCUT2D eigenvalue weighted by Crippen LogP contribution is 2.14. The highest BCUT2D eigenvalue weighted by Gasteiger charge is 2.22. The average molecular weight is 333 g/mol. The number of nitrogens with zero attached hydrogens (tertiary/aromatic N) is 1. The van der Waals surface area contributed by atoms with Crippen molar-refractivity contribution in [1.82, 2.24) is 10.2 Å². The summed E-state index contributed by atoms with van der Waals surface area (Å²) in [6.45, 7) is 9.68. The molecule has 1 fully saturated rings. The molecule has 132 valence electrons. The third kappa shape index (κ3) is 4.96. The van der Waals surface area contributed by atoms with Crippen molar-refractivity contribution in [1.29, 1.82) is 0 Å². The third-order valence-electron chi connectivity index (χ3n) is 4.26. The Labute approximate surface area is 143 Å². The maximum Gasteiger partial charge on any atom is 0.322 e. The fourth-order valence-electron chi connectivity index (χ4n) is 2.38. The van der Waals surface area contributed by atoms with Gasteiger partial charge in [-0.25, -0.2) is 4.79 Å². The van der Waals surface area contributed by atoms with Gasteiger partial charge in [0.05, 0.1) is 12.7 Å². The Balaban J connectivity index is 1.94. The molecule has 1 aromatic carbocycles. The lowest BCUT2D eigenvalue weighted by molar-refractivity contribution is -0.00138. The minimum absolute atomic E-state index is 0.0532. The smallest absolute Gasteiger partial charge is 0.322 e. The third-order valence-corrected chi connectivity index (χ3v) is 4.26. The van der Waals surface area contributed by atoms with Crippen molar-refractivity contribution in [2.45, 2.75) is 45.8 Å². The zero-order valence-electron chi connectivity index (χ0n) is 14.9. The van der Waals surface area contributed by atoms with Crippen LogP contribution in [0.1, 0.15) is 44.5 Å². The van der Waals surface area contributed by atoms with Crippen LogP contribution in [0.15, 0.2) is 24.3 Å². The quantitative estimate of drug-likeness (QED) is 0.890. The van der Waals surface area contributed by atoms with Crippen LogP contribution in [-0.4, -0.2) is 48.2 Å². The molecule has 1 heterocycles. The summed E-state index contributed by atoms with van der Waals surface area (Å²) >= 11 is 0. The fraction of sp³-hybridized carbons (Fsp3) is 0.556. The standard InChI is InChI=1S/C18H27N3O3/c1-5-18(3,4)20-16(22)14-6-8-15(9-7-14)19-17(23)21-10-11-24-13(2)12-21/h6-9,13H,5,10-12H2,1-4H3,(H,19,23)(H,20,22). The Bertz CT molecular complexity index is 584. The molecule has 0 radical (unpaired) electrons. The molecule has 2 N–H and O–H groups in total. The van der Waals surface area contributed by atoms with Gasteiger partial charge in [-0.1, -0.05) is 6.92 Å². The minimum atomic E-state index is -0.239. The molecule has 0 bridgehead atoms. The topological polar surface area (TPSA) is 70.7 Å². The second-order valence-corrected chi connectivity index (χ2v) is 6.83. The zero-order chi connectivity index (χ0) is 17.7. The van der Waals surface area contributed by atoms with E-state index in [4.69, 9.17) is 4.74 Å². The monoisotopic (exact) mass is 333 g/mol. The van der Waals surface area contributed by atoms with Gasteiger partial charge in [-0.05, 0) is 51.5 Å². The van der Waals surface area contributed by atoms with E-state index in [-0.39, 0.29) is 23.6 Å². The number of benzene rings is 1. The molecule has 0 aliphatic carbocycles. The Morgan fingerprint density at radius 1 is 1.29 bits per heavy atom. The number of hydrogen-bond donors (Lipinski definition) is 2. The number of hydrogen-bond acceptors (Lipinski definition) is 3. The van der Waals surface area contributed by atoms with Crippen LogP contribution in [0.25, 0.3) is 0 Å². The molecule has 1 aromatic rings. The van der Waals surface area contributed by atoms with E-state index in [9.17, 15) is 9.59 Å². The second kappa shape index (κ2) is 7.66. The van der Waals surface area contributed by atoms with Gasteiger partial charge >= 0.3 is 6.03 Å². The SMILES string of the molecule is CCC(C)(C)NC(=O)c1ccc(NC(=O)N2CCOC(C)C2)cc1. The number of nitrogens with one attached hydrogen (secondary N) is 2. The van der Waals surface area contributed by atoms with Crippen LogP contribution in [0, 0.1) is 0 Å². The molecule has 0 aromatic heterocycles. The minimum Gasteiger partial charge on any atom is -0.375 e.